The second-order valence-corrected chi connectivity index (χ2v) is 6.89. The van der Waals surface area contributed by atoms with E-state index < -0.39 is 0 Å². The zero-order valence-electron chi connectivity index (χ0n) is 17.2. The molecule has 3 aromatic rings. The molecule has 0 amide bonds. The van der Waals surface area contributed by atoms with Gasteiger partial charge in [-0.05, 0) is 54.0 Å². The van der Waals surface area contributed by atoms with Crippen LogP contribution in [0.15, 0.2) is 91.0 Å². The Hall–Kier alpha value is -3.36. The monoisotopic (exact) mass is 416 g/mol. The topological polar surface area (TPSA) is 26.3 Å². The molecule has 152 valence electrons. The molecule has 3 heteroatoms. The number of hydrogen-bond acceptors (Lipinski definition) is 2. The number of ether oxygens (including phenoxy) is 1. The molecule has 0 aromatic heterocycles. The Balaban J connectivity index is 0.000000248. The van der Waals surface area contributed by atoms with Crippen LogP contribution in [-0.2, 0) is 4.79 Å². The van der Waals surface area contributed by atoms with E-state index in [9.17, 15) is 4.79 Å². The van der Waals surface area contributed by atoms with Gasteiger partial charge in [-0.3, -0.25) is 4.79 Å². The fraction of sp³-hybridized carbons (Fsp3) is 0.0741. The lowest BCUT2D eigenvalue weighted by molar-refractivity contribution is -0.104. The molecule has 30 heavy (non-hydrogen) atoms. The van der Waals surface area contributed by atoms with Gasteiger partial charge in [0, 0.05) is 5.02 Å². The van der Waals surface area contributed by atoms with Crippen LogP contribution in [-0.4, -0.2) is 13.4 Å². The van der Waals surface area contributed by atoms with Crippen molar-refractivity contribution in [1.82, 2.24) is 0 Å². The number of aryl methyl sites for hydroxylation is 1. The zero-order chi connectivity index (χ0) is 21.6. The Morgan fingerprint density at radius 1 is 0.733 bits per heavy atom. The van der Waals surface area contributed by atoms with E-state index in [-0.39, 0.29) is 0 Å². The molecule has 0 aliphatic carbocycles. The van der Waals surface area contributed by atoms with Gasteiger partial charge in [-0.25, -0.2) is 0 Å². The van der Waals surface area contributed by atoms with E-state index in [4.69, 9.17) is 16.3 Å². The van der Waals surface area contributed by atoms with Gasteiger partial charge in [0.05, 0.1) is 7.11 Å². The first-order valence-electron chi connectivity index (χ1n) is 9.53. The second-order valence-electron chi connectivity index (χ2n) is 6.46. The van der Waals surface area contributed by atoms with E-state index in [1.165, 1.54) is 11.6 Å². The van der Waals surface area contributed by atoms with Gasteiger partial charge >= 0.3 is 0 Å². The maximum Gasteiger partial charge on any atom is 0.142 e. The SMILES string of the molecule is COc1cccc(/C=C/C=C/c2ccc(Cl)cc2)c1.Cc1cccc(/C=C/C=O)c1. The highest BCUT2D eigenvalue weighted by molar-refractivity contribution is 6.30. The Kier molecular flexibility index (Phi) is 9.91. The number of halogens is 1. The molecule has 0 fully saturated rings. The van der Waals surface area contributed by atoms with Gasteiger partial charge in [-0.2, -0.15) is 0 Å². The fourth-order valence-electron chi connectivity index (χ4n) is 2.58. The molecule has 3 aromatic carbocycles. The Labute approximate surface area is 183 Å². The molecule has 0 N–H and O–H groups in total. The van der Waals surface area contributed by atoms with Crippen LogP contribution in [0, 0.1) is 6.92 Å². The molecule has 0 heterocycles. The minimum Gasteiger partial charge on any atom is -0.497 e. The predicted octanol–water partition coefficient (Wildman–Crippen LogP) is 7.28. The summed E-state index contributed by atoms with van der Waals surface area (Å²) in [5.41, 5.74) is 4.51. The molecule has 0 radical (unpaired) electrons. The highest BCUT2D eigenvalue weighted by Gasteiger charge is 1.90. The summed E-state index contributed by atoms with van der Waals surface area (Å²) in [5.74, 6) is 0.865. The molecule has 0 aliphatic heterocycles. The van der Waals surface area contributed by atoms with Gasteiger partial charge in [0.1, 0.15) is 12.0 Å². The molecule has 3 rings (SSSR count). The first-order valence-corrected chi connectivity index (χ1v) is 9.91. The molecule has 0 saturated carbocycles. The Morgan fingerprint density at radius 3 is 1.97 bits per heavy atom. The summed E-state index contributed by atoms with van der Waals surface area (Å²) in [7, 11) is 1.67. The number of rotatable bonds is 6. The van der Waals surface area contributed by atoms with Crippen molar-refractivity contribution in [2.45, 2.75) is 6.92 Å². The third-order valence-electron chi connectivity index (χ3n) is 4.06. The van der Waals surface area contributed by atoms with Crippen molar-refractivity contribution in [3.63, 3.8) is 0 Å². The van der Waals surface area contributed by atoms with Gasteiger partial charge in [0.25, 0.3) is 0 Å². The van der Waals surface area contributed by atoms with Crippen LogP contribution in [0.3, 0.4) is 0 Å². The third kappa shape index (κ3) is 8.76. The van der Waals surface area contributed by atoms with Crippen LogP contribution in [0.2, 0.25) is 5.02 Å². The van der Waals surface area contributed by atoms with E-state index in [0.717, 1.165) is 33.7 Å². The van der Waals surface area contributed by atoms with Crippen molar-refractivity contribution in [1.29, 1.82) is 0 Å². The minimum absolute atomic E-state index is 0.754. The lowest BCUT2D eigenvalue weighted by Gasteiger charge is -1.99. The summed E-state index contributed by atoms with van der Waals surface area (Å²) in [4.78, 5) is 9.98. The van der Waals surface area contributed by atoms with Gasteiger partial charge in [-0.15, -0.1) is 0 Å². The first-order chi connectivity index (χ1) is 14.6. The Morgan fingerprint density at radius 2 is 1.33 bits per heavy atom. The molecule has 0 bridgehead atoms. The van der Waals surface area contributed by atoms with Crippen molar-refractivity contribution >= 4 is 36.1 Å². The number of carbonyl (C=O) groups excluding carboxylic acids is 1. The summed E-state index contributed by atoms with van der Waals surface area (Å²) >= 11 is 5.83. The van der Waals surface area contributed by atoms with Crippen LogP contribution >= 0.6 is 11.6 Å². The molecule has 0 unspecified atom stereocenters. The molecule has 0 aliphatic rings. The Bertz CT molecular complexity index is 1020. The summed E-state index contributed by atoms with van der Waals surface area (Å²) in [5, 5.41) is 0.754. The number of benzene rings is 3. The number of methoxy groups -OCH3 is 1. The van der Waals surface area contributed by atoms with Crippen LogP contribution in [0.1, 0.15) is 22.3 Å². The van der Waals surface area contributed by atoms with Crippen molar-refractivity contribution in [2.24, 2.45) is 0 Å². The quantitative estimate of drug-likeness (QED) is 0.239. The summed E-state index contributed by atoms with van der Waals surface area (Å²) in [6, 6.07) is 23.7. The maximum absolute atomic E-state index is 9.98. The number of allylic oxidation sites excluding steroid dienone is 3. The normalized spacial score (nSPS) is 10.9. The highest BCUT2D eigenvalue weighted by atomic mass is 35.5. The lowest BCUT2D eigenvalue weighted by atomic mass is 10.1. The molecular formula is C27H25ClO2. The molecule has 2 nitrogen and oxygen atoms in total. The minimum atomic E-state index is 0.754. The first kappa shape index (κ1) is 22.9. The molecule has 0 saturated heterocycles. The van der Waals surface area contributed by atoms with E-state index in [2.05, 4.69) is 0 Å². The van der Waals surface area contributed by atoms with Gasteiger partial charge in [0.2, 0.25) is 0 Å². The van der Waals surface area contributed by atoms with E-state index in [1.807, 2.05) is 104 Å². The standard InChI is InChI=1S/C17H15ClO.C10H10O/c1-19-17-8-4-7-15(13-17)6-3-2-5-14-9-11-16(18)12-10-14;1-9-4-2-5-10(8-9)6-3-7-11/h2-13H,1H3;2-8H,1H3/b5-2+,6-3+;6-3+. The van der Waals surface area contributed by atoms with E-state index in [1.54, 1.807) is 13.2 Å². The summed E-state index contributed by atoms with van der Waals surface area (Å²) in [6.07, 6.45) is 12.1. The van der Waals surface area contributed by atoms with E-state index >= 15 is 0 Å². The van der Waals surface area contributed by atoms with Crippen molar-refractivity contribution in [3.8, 4) is 5.75 Å². The van der Waals surface area contributed by atoms with Crippen molar-refractivity contribution in [3.05, 3.63) is 118 Å². The highest BCUT2D eigenvalue weighted by Crippen LogP contribution is 2.14. The zero-order valence-corrected chi connectivity index (χ0v) is 17.9. The molecular weight excluding hydrogens is 392 g/mol. The van der Waals surface area contributed by atoms with E-state index in [0.29, 0.717) is 0 Å². The van der Waals surface area contributed by atoms with Gasteiger partial charge in [-0.1, -0.05) is 96.1 Å². The lowest BCUT2D eigenvalue weighted by Crippen LogP contribution is -1.81. The van der Waals surface area contributed by atoms with Crippen LogP contribution in [0.5, 0.6) is 5.75 Å². The number of aldehydes is 1. The average molecular weight is 417 g/mol. The van der Waals surface area contributed by atoms with Gasteiger partial charge in [0.15, 0.2) is 0 Å². The largest absolute Gasteiger partial charge is 0.497 e. The second kappa shape index (κ2) is 13.0. The number of hydrogen-bond donors (Lipinski definition) is 0. The molecule has 0 spiro atoms. The summed E-state index contributed by atoms with van der Waals surface area (Å²) in [6.45, 7) is 2.03. The van der Waals surface area contributed by atoms with Gasteiger partial charge < -0.3 is 4.74 Å². The average Bonchev–Trinajstić information content (AvgIpc) is 2.77. The number of carbonyl (C=O) groups is 1. The molecule has 0 atom stereocenters. The fourth-order valence-corrected chi connectivity index (χ4v) is 2.70. The third-order valence-corrected chi connectivity index (χ3v) is 4.31. The maximum atomic E-state index is 9.98. The smallest absolute Gasteiger partial charge is 0.142 e. The summed E-state index contributed by atoms with van der Waals surface area (Å²) < 4.78 is 5.18. The predicted molar refractivity (Wildman–Crippen MR) is 129 cm³/mol. The van der Waals surface area contributed by atoms with Crippen molar-refractivity contribution < 1.29 is 9.53 Å². The van der Waals surface area contributed by atoms with Crippen LogP contribution in [0.25, 0.3) is 18.2 Å². The van der Waals surface area contributed by atoms with Crippen LogP contribution in [0.4, 0.5) is 0 Å². The van der Waals surface area contributed by atoms with Crippen molar-refractivity contribution in [2.75, 3.05) is 7.11 Å². The van der Waals surface area contributed by atoms with Crippen LogP contribution < -0.4 is 4.74 Å².